The van der Waals surface area contributed by atoms with Crippen molar-refractivity contribution in [3.05, 3.63) is 70.9 Å². The molecule has 1 atom stereocenters. The number of esters is 1. The molecule has 168 valence electrons. The van der Waals surface area contributed by atoms with Gasteiger partial charge in [-0.25, -0.2) is 9.59 Å². The molecule has 0 unspecified atom stereocenters. The van der Waals surface area contributed by atoms with Gasteiger partial charge in [0, 0.05) is 12.2 Å². The minimum absolute atomic E-state index is 0.0596. The Balaban J connectivity index is 1.69. The van der Waals surface area contributed by atoms with Gasteiger partial charge in [-0.15, -0.1) is 0 Å². The van der Waals surface area contributed by atoms with Crippen molar-refractivity contribution in [3.8, 4) is 5.75 Å². The van der Waals surface area contributed by atoms with Crippen LogP contribution in [-0.4, -0.2) is 37.8 Å². The Morgan fingerprint density at radius 1 is 1.16 bits per heavy atom. The zero-order valence-electron chi connectivity index (χ0n) is 18.7. The Labute approximate surface area is 188 Å². The molecule has 2 amide bonds. The van der Waals surface area contributed by atoms with Crippen molar-refractivity contribution in [2.45, 2.75) is 39.3 Å². The Morgan fingerprint density at radius 3 is 2.62 bits per heavy atom. The zero-order valence-corrected chi connectivity index (χ0v) is 18.7. The van der Waals surface area contributed by atoms with Gasteiger partial charge in [0.1, 0.15) is 5.75 Å². The molecule has 0 saturated heterocycles. The SMILES string of the molecule is CCOC(=O)C1=C(CN2CCc3ccccc32)NC(=O)N[C@@H]1c1ccc(OC(C)C)cc1. The van der Waals surface area contributed by atoms with Crippen LogP contribution in [0.15, 0.2) is 59.8 Å². The Morgan fingerprint density at radius 2 is 1.91 bits per heavy atom. The lowest BCUT2D eigenvalue weighted by Crippen LogP contribution is -2.48. The molecule has 0 spiro atoms. The smallest absolute Gasteiger partial charge is 0.338 e. The predicted octanol–water partition coefficient (Wildman–Crippen LogP) is 3.71. The monoisotopic (exact) mass is 435 g/mol. The molecule has 2 heterocycles. The highest BCUT2D eigenvalue weighted by atomic mass is 16.5. The van der Waals surface area contributed by atoms with Gasteiger partial charge >= 0.3 is 12.0 Å². The molecule has 2 aromatic carbocycles. The molecule has 0 fully saturated rings. The quantitative estimate of drug-likeness (QED) is 0.648. The highest BCUT2D eigenvalue weighted by Gasteiger charge is 2.35. The van der Waals surface area contributed by atoms with Gasteiger partial charge in [0.05, 0.1) is 36.6 Å². The second kappa shape index (κ2) is 9.34. The molecule has 2 N–H and O–H groups in total. The van der Waals surface area contributed by atoms with Crippen LogP contribution in [0.1, 0.15) is 37.9 Å². The lowest BCUT2D eigenvalue weighted by Gasteiger charge is -2.32. The average Bonchev–Trinajstić information content (AvgIpc) is 3.16. The van der Waals surface area contributed by atoms with Crippen LogP contribution in [0.4, 0.5) is 10.5 Å². The molecule has 7 nitrogen and oxygen atoms in total. The third-order valence-electron chi connectivity index (χ3n) is 5.57. The number of urea groups is 1. The highest BCUT2D eigenvalue weighted by molar-refractivity contribution is 5.95. The van der Waals surface area contributed by atoms with Crippen molar-refractivity contribution in [2.24, 2.45) is 0 Å². The number of fused-ring (bicyclic) bond motifs is 1. The van der Waals surface area contributed by atoms with Crippen LogP contribution in [0, 0.1) is 0 Å². The van der Waals surface area contributed by atoms with Crippen LogP contribution >= 0.6 is 0 Å². The predicted molar refractivity (Wildman–Crippen MR) is 123 cm³/mol. The van der Waals surface area contributed by atoms with Crippen LogP contribution in [0.5, 0.6) is 5.75 Å². The molecule has 2 aliphatic heterocycles. The maximum absolute atomic E-state index is 13.0. The van der Waals surface area contributed by atoms with Crippen LogP contribution in [0.3, 0.4) is 0 Å². The van der Waals surface area contributed by atoms with Gasteiger partial charge in [-0.1, -0.05) is 30.3 Å². The van der Waals surface area contributed by atoms with E-state index in [4.69, 9.17) is 9.47 Å². The minimum Gasteiger partial charge on any atom is -0.491 e. The second-order valence-electron chi connectivity index (χ2n) is 8.18. The number of carbonyl (C=O) groups excluding carboxylic acids is 2. The van der Waals surface area contributed by atoms with E-state index < -0.39 is 12.0 Å². The van der Waals surface area contributed by atoms with Crippen molar-refractivity contribution < 1.29 is 19.1 Å². The molecular weight excluding hydrogens is 406 g/mol. The van der Waals surface area contributed by atoms with Crippen LogP contribution < -0.4 is 20.3 Å². The maximum Gasteiger partial charge on any atom is 0.338 e. The molecule has 0 aliphatic carbocycles. The minimum atomic E-state index is -0.608. The summed E-state index contributed by atoms with van der Waals surface area (Å²) in [5.41, 5.74) is 4.18. The second-order valence-corrected chi connectivity index (χ2v) is 8.18. The van der Waals surface area contributed by atoms with Crippen LogP contribution in [0.2, 0.25) is 0 Å². The van der Waals surface area contributed by atoms with Gasteiger partial charge < -0.3 is 25.0 Å². The van der Waals surface area contributed by atoms with Gasteiger partial charge in [-0.2, -0.15) is 0 Å². The zero-order chi connectivity index (χ0) is 22.7. The summed E-state index contributed by atoms with van der Waals surface area (Å²) in [5.74, 6) is 0.301. The standard InChI is InChI=1S/C25H29N3O4/c1-4-31-24(29)22-20(15-28-14-13-17-7-5-6-8-21(17)28)26-25(30)27-23(22)18-9-11-19(12-10-18)32-16(2)3/h5-12,16,23H,4,13-15H2,1-3H3,(H2,26,27,30)/t23-/m1/s1. The first-order valence-electron chi connectivity index (χ1n) is 11.0. The highest BCUT2D eigenvalue weighted by Crippen LogP contribution is 2.32. The molecule has 0 radical (unpaired) electrons. The normalized spacial score (nSPS) is 17.7. The summed E-state index contributed by atoms with van der Waals surface area (Å²) in [4.78, 5) is 27.8. The van der Waals surface area contributed by atoms with Gasteiger partial charge in [-0.05, 0) is 56.5 Å². The van der Waals surface area contributed by atoms with Crippen molar-refractivity contribution in [1.29, 1.82) is 0 Å². The molecule has 7 heteroatoms. The first-order chi connectivity index (χ1) is 15.5. The number of carbonyl (C=O) groups is 2. The number of para-hydroxylation sites is 1. The van der Waals surface area contributed by atoms with E-state index in [1.54, 1.807) is 6.92 Å². The summed E-state index contributed by atoms with van der Waals surface area (Å²) in [6.45, 7) is 7.20. The number of benzene rings is 2. The van der Waals surface area contributed by atoms with Gasteiger partial charge in [0.25, 0.3) is 0 Å². The molecule has 4 rings (SSSR count). The van der Waals surface area contributed by atoms with E-state index in [-0.39, 0.29) is 18.7 Å². The fourth-order valence-electron chi connectivity index (χ4n) is 4.22. The molecular formula is C25H29N3O4. The average molecular weight is 436 g/mol. The topological polar surface area (TPSA) is 79.9 Å². The van der Waals surface area contributed by atoms with Crippen molar-refractivity contribution >= 4 is 17.7 Å². The van der Waals surface area contributed by atoms with Crippen molar-refractivity contribution in [2.75, 3.05) is 24.6 Å². The van der Waals surface area contributed by atoms with E-state index in [1.807, 2.05) is 50.2 Å². The van der Waals surface area contributed by atoms with Gasteiger partial charge in [-0.3, -0.25) is 0 Å². The Kier molecular flexibility index (Phi) is 6.35. The first-order valence-corrected chi connectivity index (χ1v) is 11.0. The van der Waals surface area contributed by atoms with E-state index in [0.717, 1.165) is 30.0 Å². The van der Waals surface area contributed by atoms with Gasteiger partial charge in [0.15, 0.2) is 0 Å². The number of nitrogens with zero attached hydrogens (tertiary/aromatic N) is 1. The molecule has 2 aliphatic rings. The Bertz CT molecular complexity index is 1030. The third kappa shape index (κ3) is 4.56. The molecule has 2 aromatic rings. The van der Waals surface area contributed by atoms with E-state index in [0.29, 0.717) is 17.8 Å². The molecule has 0 saturated carbocycles. The number of anilines is 1. The number of hydrogen-bond donors (Lipinski definition) is 2. The van der Waals surface area contributed by atoms with Crippen LogP contribution in [0.25, 0.3) is 0 Å². The summed E-state index contributed by atoms with van der Waals surface area (Å²) < 4.78 is 11.1. The number of rotatable bonds is 7. The summed E-state index contributed by atoms with van der Waals surface area (Å²) in [7, 11) is 0. The summed E-state index contributed by atoms with van der Waals surface area (Å²) in [6, 6.07) is 14.7. The lowest BCUT2D eigenvalue weighted by atomic mass is 9.95. The number of amides is 2. The van der Waals surface area contributed by atoms with E-state index in [2.05, 4.69) is 27.7 Å². The maximum atomic E-state index is 13.0. The summed E-state index contributed by atoms with van der Waals surface area (Å²) >= 11 is 0. The fraction of sp³-hybridized carbons (Fsp3) is 0.360. The third-order valence-corrected chi connectivity index (χ3v) is 5.57. The number of nitrogens with one attached hydrogen (secondary N) is 2. The van der Waals surface area contributed by atoms with E-state index in [9.17, 15) is 9.59 Å². The fourth-order valence-corrected chi connectivity index (χ4v) is 4.22. The van der Waals surface area contributed by atoms with E-state index >= 15 is 0 Å². The summed E-state index contributed by atoms with van der Waals surface area (Å²) in [6.07, 6.45) is 0.995. The number of hydrogen-bond acceptors (Lipinski definition) is 5. The lowest BCUT2D eigenvalue weighted by molar-refractivity contribution is -0.139. The molecule has 0 bridgehead atoms. The van der Waals surface area contributed by atoms with E-state index in [1.165, 1.54) is 5.56 Å². The van der Waals surface area contributed by atoms with Crippen molar-refractivity contribution in [1.82, 2.24) is 10.6 Å². The van der Waals surface area contributed by atoms with Gasteiger partial charge in [0.2, 0.25) is 0 Å². The van der Waals surface area contributed by atoms with Crippen LogP contribution in [-0.2, 0) is 16.0 Å². The Hall–Kier alpha value is -3.48. The first kappa shape index (κ1) is 21.7. The molecule has 32 heavy (non-hydrogen) atoms. The largest absolute Gasteiger partial charge is 0.491 e. The molecule has 0 aromatic heterocycles. The summed E-state index contributed by atoms with van der Waals surface area (Å²) in [5, 5.41) is 5.75. The number of ether oxygens (including phenoxy) is 2. The van der Waals surface area contributed by atoms with Crippen molar-refractivity contribution in [3.63, 3.8) is 0 Å².